The van der Waals surface area contributed by atoms with Crippen molar-refractivity contribution in [3.8, 4) is 0 Å². The van der Waals surface area contributed by atoms with Gasteiger partial charge in [-0.15, -0.1) is 0 Å². The Balaban J connectivity index is 2.04. The molecule has 216 valence electrons. The van der Waals surface area contributed by atoms with Crippen LogP contribution in [-0.4, -0.2) is 102 Å². The van der Waals surface area contributed by atoms with Crippen molar-refractivity contribution in [3.63, 3.8) is 0 Å². The Morgan fingerprint density at radius 3 is 2.03 bits per heavy atom. The molecule has 0 spiro atoms. The highest BCUT2D eigenvalue weighted by Crippen LogP contribution is 2.16. The topological polar surface area (TPSA) is 162 Å². The summed E-state index contributed by atoms with van der Waals surface area (Å²) in [5, 5.41) is 2.12. The monoisotopic (exact) mass is 545 g/mol. The number of rotatable bonds is 9. The number of urea groups is 2. The largest absolute Gasteiger partial charge is 0.341 e. The third-order valence-electron chi connectivity index (χ3n) is 6.95. The Bertz CT molecular complexity index is 1010. The summed E-state index contributed by atoms with van der Waals surface area (Å²) in [5.74, 6) is -1.82. The van der Waals surface area contributed by atoms with Crippen molar-refractivity contribution in [2.45, 2.75) is 64.2 Å². The molecule has 3 atom stereocenters. The number of imide groups is 2. The Morgan fingerprint density at radius 2 is 1.46 bits per heavy atom. The second-order valence-electron chi connectivity index (χ2n) is 10.5. The Hall–Kier alpha value is -3.51. The van der Waals surface area contributed by atoms with E-state index in [1.807, 2.05) is 44.2 Å². The molecule has 39 heavy (non-hydrogen) atoms. The summed E-state index contributed by atoms with van der Waals surface area (Å²) in [4.78, 5) is 69.1. The summed E-state index contributed by atoms with van der Waals surface area (Å²) in [6.45, 7) is 4.84. The number of amides is 7. The van der Waals surface area contributed by atoms with Crippen LogP contribution >= 0.6 is 0 Å². The summed E-state index contributed by atoms with van der Waals surface area (Å²) in [5.41, 5.74) is 13.1. The van der Waals surface area contributed by atoms with Gasteiger partial charge < -0.3 is 26.2 Å². The number of nitrogens with zero attached hydrogens (tertiary/aromatic N) is 4. The molecule has 0 saturated carbocycles. The van der Waals surface area contributed by atoms with Gasteiger partial charge in [-0.3, -0.25) is 24.6 Å². The number of hydrogen-bond donors (Lipinski definition) is 3. The standard InChI is InChI=1S/C27H43N7O5/c1-18(2)16-20(23(35)32(4)21(28)17-19-12-8-6-9-13-19)31(3)26(38)30-27(39)33(5)24(36)22(29)25(37)34-14-10-7-11-15-34/h6,8-9,12-13,18,20-22H,7,10-11,14-17,28-29H2,1-5H3,(H,30,38,39)/t20-,21-,22-/m0/s1. The molecule has 12 nitrogen and oxygen atoms in total. The zero-order valence-corrected chi connectivity index (χ0v) is 23.6. The van der Waals surface area contributed by atoms with Gasteiger partial charge in [0.2, 0.25) is 11.8 Å². The lowest BCUT2D eigenvalue weighted by atomic mass is 10.0. The van der Waals surface area contributed by atoms with E-state index >= 15 is 0 Å². The number of carbonyl (C=O) groups excluding carboxylic acids is 5. The second-order valence-corrected chi connectivity index (χ2v) is 10.5. The highest BCUT2D eigenvalue weighted by Gasteiger charge is 2.35. The van der Waals surface area contributed by atoms with Gasteiger partial charge in [0.25, 0.3) is 5.91 Å². The first-order chi connectivity index (χ1) is 18.3. The van der Waals surface area contributed by atoms with Gasteiger partial charge in [-0.05, 0) is 37.2 Å². The van der Waals surface area contributed by atoms with Crippen molar-refractivity contribution in [1.29, 1.82) is 0 Å². The number of nitrogens with two attached hydrogens (primary N) is 2. The number of likely N-dealkylation sites (tertiary alicyclic amines) is 1. The van der Waals surface area contributed by atoms with Crippen molar-refractivity contribution in [3.05, 3.63) is 35.9 Å². The smallest absolute Gasteiger partial charge is 0.331 e. The van der Waals surface area contributed by atoms with E-state index < -0.39 is 42.1 Å². The number of piperidine rings is 1. The number of carbonyl (C=O) groups is 5. The molecule has 0 bridgehead atoms. The van der Waals surface area contributed by atoms with E-state index in [9.17, 15) is 24.0 Å². The maximum atomic E-state index is 13.4. The lowest BCUT2D eigenvalue weighted by Gasteiger charge is -2.34. The molecule has 12 heteroatoms. The van der Waals surface area contributed by atoms with Crippen molar-refractivity contribution < 1.29 is 24.0 Å². The molecule has 0 aromatic heterocycles. The molecule has 2 rings (SSSR count). The minimum atomic E-state index is -1.55. The summed E-state index contributed by atoms with van der Waals surface area (Å²) < 4.78 is 0. The molecular weight excluding hydrogens is 502 g/mol. The predicted octanol–water partition coefficient (Wildman–Crippen LogP) is 0.947. The van der Waals surface area contributed by atoms with Crippen LogP contribution in [-0.2, 0) is 20.8 Å². The van der Waals surface area contributed by atoms with Crippen LogP contribution in [0.1, 0.15) is 45.1 Å². The summed E-state index contributed by atoms with van der Waals surface area (Å²) >= 11 is 0. The van der Waals surface area contributed by atoms with Gasteiger partial charge in [-0.25, -0.2) is 9.59 Å². The first-order valence-corrected chi connectivity index (χ1v) is 13.3. The third-order valence-corrected chi connectivity index (χ3v) is 6.95. The van der Waals surface area contributed by atoms with Crippen molar-refractivity contribution >= 4 is 29.8 Å². The highest BCUT2D eigenvalue weighted by molar-refractivity contribution is 6.11. The molecule has 1 aromatic carbocycles. The molecule has 0 aliphatic carbocycles. The first kappa shape index (κ1) is 31.7. The van der Waals surface area contributed by atoms with Crippen molar-refractivity contribution in [2.24, 2.45) is 17.4 Å². The van der Waals surface area contributed by atoms with E-state index in [2.05, 4.69) is 5.32 Å². The normalized spacial score (nSPS) is 15.6. The fraction of sp³-hybridized carbons (Fsp3) is 0.593. The quantitative estimate of drug-likeness (QED) is 0.307. The second kappa shape index (κ2) is 14.6. The highest BCUT2D eigenvalue weighted by atomic mass is 16.2. The molecule has 1 heterocycles. The number of nitrogens with one attached hydrogen (secondary N) is 1. The zero-order chi connectivity index (χ0) is 29.3. The van der Waals surface area contributed by atoms with Crippen LogP contribution in [0.5, 0.6) is 0 Å². The van der Waals surface area contributed by atoms with Crippen molar-refractivity contribution in [1.82, 2.24) is 24.9 Å². The predicted molar refractivity (Wildman–Crippen MR) is 147 cm³/mol. The van der Waals surface area contributed by atoms with E-state index in [4.69, 9.17) is 11.5 Å². The lowest BCUT2D eigenvalue weighted by Crippen LogP contribution is -2.59. The molecule has 1 aliphatic rings. The summed E-state index contributed by atoms with van der Waals surface area (Å²) in [6, 6.07) is 5.11. The Morgan fingerprint density at radius 1 is 0.872 bits per heavy atom. The minimum Gasteiger partial charge on any atom is -0.341 e. The van der Waals surface area contributed by atoms with Crippen molar-refractivity contribution in [2.75, 3.05) is 34.2 Å². The first-order valence-electron chi connectivity index (χ1n) is 13.3. The maximum absolute atomic E-state index is 13.4. The molecule has 7 amide bonds. The number of likely N-dealkylation sites (N-methyl/N-ethyl adjacent to an activating group) is 3. The molecule has 0 radical (unpaired) electrons. The Kier molecular flexibility index (Phi) is 11.9. The molecule has 1 aliphatic heterocycles. The molecular formula is C27H43N7O5. The number of benzene rings is 1. The van der Waals surface area contributed by atoms with Gasteiger partial charge in [0.05, 0.1) is 6.17 Å². The SMILES string of the molecule is CC(C)C[C@@H](C(=O)N(C)[C@H](N)Cc1ccccc1)N(C)C(=O)NC(=O)N(C)C(=O)[C@H](N)C(=O)N1CCCCC1. The number of hydrogen-bond acceptors (Lipinski definition) is 7. The van der Waals surface area contributed by atoms with Gasteiger partial charge in [0.1, 0.15) is 6.04 Å². The lowest BCUT2D eigenvalue weighted by molar-refractivity contribution is -0.141. The van der Waals surface area contributed by atoms with Gasteiger partial charge in [-0.1, -0.05) is 44.2 Å². The van der Waals surface area contributed by atoms with E-state index in [1.165, 1.54) is 16.8 Å². The molecule has 1 saturated heterocycles. The fourth-order valence-electron chi connectivity index (χ4n) is 4.39. The van der Waals surface area contributed by atoms with Gasteiger partial charge in [0.15, 0.2) is 6.04 Å². The van der Waals surface area contributed by atoms with Gasteiger partial charge >= 0.3 is 12.1 Å². The summed E-state index contributed by atoms with van der Waals surface area (Å²) in [6.07, 6.45) is 2.77. The van der Waals surface area contributed by atoms with E-state index in [1.54, 1.807) is 7.05 Å². The molecule has 0 unspecified atom stereocenters. The third kappa shape index (κ3) is 8.75. The maximum Gasteiger partial charge on any atom is 0.331 e. The van der Waals surface area contributed by atoms with Crippen LogP contribution in [0.4, 0.5) is 9.59 Å². The molecule has 1 aromatic rings. The van der Waals surface area contributed by atoms with Gasteiger partial charge in [-0.2, -0.15) is 0 Å². The van der Waals surface area contributed by atoms with Crippen LogP contribution in [0, 0.1) is 5.92 Å². The van der Waals surface area contributed by atoms with Crippen LogP contribution in [0.25, 0.3) is 0 Å². The molecule has 5 N–H and O–H groups in total. The molecule has 1 fully saturated rings. The van der Waals surface area contributed by atoms with Crippen LogP contribution in [0.2, 0.25) is 0 Å². The minimum absolute atomic E-state index is 0.0479. The van der Waals surface area contributed by atoms with E-state index in [0.29, 0.717) is 30.8 Å². The van der Waals surface area contributed by atoms with E-state index in [-0.39, 0.29) is 11.8 Å². The fourth-order valence-corrected chi connectivity index (χ4v) is 4.39. The van der Waals surface area contributed by atoms with Crippen LogP contribution in [0.15, 0.2) is 30.3 Å². The van der Waals surface area contributed by atoms with E-state index in [0.717, 1.165) is 36.8 Å². The Labute approximate surface area is 230 Å². The zero-order valence-electron chi connectivity index (χ0n) is 23.6. The van der Waals surface area contributed by atoms with Crippen LogP contribution < -0.4 is 16.8 Å². The van der Waals surface area contributed by atoms with Gasteiger partial charge in [0, 0.05) is 40.7 Å². The van der Waals surface area contributed by atoms with Crippen LogP contribution in [0.3, 0.4) is 0 Å². The average molecular weight is 546 g/mol. The summed E-state index contributed by atoms with van der Waals surface area (Å²) in [7, 11) is 4.12. The average Bonchev–Trinajstić information content (AvgIpc) is 2.93.